The lowest BCUT2D eigenvalue weighted by Crippen LogP contribution is -2.22. The van der Waals surface area contributed by atoms with Crippen LogP contribution in [0.3, 0.4) is 0 Å². The monoisotopic (exact) mass is 259 g/mol. The smallest absolute Gasteiger partial charge is 0.335 e. The Morgan fingerprint density at radius 2 is 2.26 bits per heavy atom. The molecule has 3 rings (SSSR count). The Hall–Kier alpha value is -1.91. The Morgan fingerprint density at radius 3 is 2.89 bits per heavy atom. The molecule has 1 saturated carbocycles. The van der Waals surface area contributed by atoms with Gasteiger partial charge in [0.2, 0.25) is 0 Å². The Labute approximate surface area is 111 Å². The van der Waals surface area contributed by atoms with E-state index < -0.39 is 5.97 Å². The van der Waals surface area contributed by atoms with Crippen LogP contribution in [-0.2, 0) is 0 Å². The molecular formula is C14H17N3O2. The Balaban J connectivity index is 2.09. The lowest BCUT2D eigenvalue weighted by molar-refractivity contribution is 0.0697. The summed E-state index contributed by atoms with van der Waals surface area (Å²) in [6.45, 7) is 4.51. The first kappa shape index (κ1) is 12.1. The zero-order valence-corrected chi connectivity index (χ0v) is 11.1. The molecule has 0 radical (unpaired) electrons. The highest BCUT2D eigenvalue weighted by atomic mass is 16.4. The van der Waals surface area contributed by atoms with Gasteiger partial charge in [-0.15, -0.1) is 5.10 Å². The van der Waals surface area contributed by atoms with Gasteiger partial charge in [0.1, 0.15) is 5.52 Å². The average Bonchev–Trinajstić information content (AvgIpc) is 2.90. The molecule has 1 atom stereocenters. The topological polar surface area (TPSA) is 68.0 Å². The fraction of sp³-hybridized carbons (Fsp3) is 0.500. The van der Waals surface area contributed by atoms with Gasteiger partial charge in [-0.3, -0.25) is 0 Å². The molecule has 1 aromatic carbocycles. The van der Waals surface area contributed by atoms with E-state index in [0.29, 0.717) is 11.6 Å². The number of carbonyl (C=O) groups is 1. The van der Waals surface area contributed by atoms with Crippen LogP contribution in [0.2, 0.25) is 0 Å². The standard InChI is InChI=1S/C14H17N3O2/c1-14(2)7-3-4-12(14)17-11-6-5-9(13(18)19)8-10(11)15-16-17/h5-6,8,12H,3-4,7H2,1-2H3,(H,18,19). The molecule has 1 unspecified atom stereocenters. The molecule has 1 N–H and O–H groups in total. The number of aromatic carboxylic acids is 1. The molecule has 2 aromatic rings. The van der Waals surface area contributed by atoms with Crippen molar-refractivity contribution in [2.45, 2.75) is 39.2 Å². The zero-order valence-electron chi connectivity index (χ0n) is 11.1. The summed E-state index contributed by atoms with van der Waals surface area (Å²) in [5.74, 6) is -0.933. The van der Waals surface area contributed by atoms with Crippen molar-refractivity contribution in [3.05, 3.63) is 23.8 Å². The summed E-state index contributed by atoms with van der Waals surface area (Å²) >= 11 is 0. The first-order valence-electron chi connectivity index (χ1n) is 6.57. The zero-order chi connectivity index (χ0) is 13.6. The number of fused-ring (bicyclic) bond motifs is 1. The summed E-state index contributed by atoms with van der Waals surface area (Å²) in [7, 11) is 0. The number of rotatable bonds is 2. The number of aromatic nitrogens is 3. The molecule has 1 fully saturated rings. The van der Waals surface area contributed by atoms with E-state index in [1.165, 1.54) is 12.8 Å². The molecule has 19 heavy (non-hydrogen) atoms. The van der Waals surface area contributed by atoms with E-state index in [0.717, 1.165) is 11.9 Å². The van der Waals surface area contributed by atoms with Crippen LogP contribution in [0.15, 0.2) is 18.2 Å². The molecule has 5 heteroatoms. The molecule has 0 spiro atoms. The molecule has 0 bridgehead atoms. The average molecular weight is 259 g/mol. The summed E-state index contributed by atoms with van der Waals surface area (Å²) in [5, 5.41) is 17.4. The molecule has 0 saturated heterocycles. The van der Waals surface area contributed by atoms with E-state index in [2.05, 4.69) is 24.2 Å². The lowest BCUT2D eigenvalue weighted by atomic mass is 9.87. The lowest BCUT2D eigenvalue weighted by Gasteiger charge is -2.27. The normalized spacial score (nSPS) is 21.9. The maximum absolute atomic E-state index is 11.0. The summed E-state index contributed by atoms with van der Waals surface area (Å²) < 4.78 is 1.97. The van der Waals surface area contributed by atoms with Gasteiger partial charge in [-0.1, -0.05) is 25.5 Å². The van der Waals surface area contributed by atoms with E-state index in [-0.39, 0.29) is 11.0 Å². The third kappa shape index (κ3) is 1.89. The summed E-state index contributed by atoms with van der Waals surface area (Å²) in [6, 6.07) is 5.36. The Bertz CT molecular complexity index is 645. The van der Waals surface area contributed by atoms with Gasteiger partial charge < -0.3 is 5.11 Å². The molecule has 1 aliphatic rings. The quantitative estimate of drug-likeness (QED) is 0.900. The molecular weight excluding hydrogens is 242 g/mol. The van der Waals surface area contributed by atoms with Gasteiger partial charge in [0.15, 0.2) is 0 Å². The van der Waals surface area contributed by atoms with Crippen molar-refractivity contribution in [2.75, 3.05) is 0 Å². The van der Waals surface area contributed by atoms with Gasteiger partial charge in [0, 0.05) is 0 Å². The van der Waals surface area contributed by atoms with Crippen LogP contribution in [-0.4, -0.2) is 26.1 Å². The minimum absolute atomic E-state index is 0.214. The van der Waals surface area contributed by atoms with Crippen LogP contribution in [0.25, 0.3) is 11.0 Å². The maximum Gasteiger partial charge on any atom is 0.335 e. The third-order valence-electron chi connectivity index (χ3n) is 4.21. The van der Waals surface area contributed by atoms with E-state index in [1.54, 1.807) is 12.1 Å². The second-order valence-electron chi connectivity index (χ2n) is 5.94. The molecule has 100 valence electrons. The fourth-order valence-electron chi connectivity index (χ4n) is 3.07. The largest absolute Gasteiger partial charge is 0.478 e. The van der Waals surface area contributed by atoms with Crippen LogP contribution < -0.4 is 0 Å². The second kappa shape index (κ2) is 4.05. The molecule has 0 aliphatic heterocycles. The van der Waals surface area contributed by atoms with E-state index in [9.17, 15) is 4.79 Å². The minimum Gasteiger partial charge on any atom is -0.478 e. The van der Waals surface area contributed by atoms with Crippen molar-refractivity contribution in [1.29, 1.82) is 0 Å². The summed E-state index contributed by atoms with van der Waals surface area (Å²) in [6.07, 6.45) is 3.49. The van der Waals surface area contributed by atoms with Crippen molar-refractivity contribution < 1.29 is 9.90 Å². The number of hydrogen-bond donors (Lipinski definition) is 1. The first-order valence-corrected chi connectivity index (χ1v) is 6.57. The molecule has 1 aliphatic carbocycles. The van der Waals surface area contributed by atoms with Crippen LogP contribution in [0.4, 0.5) is 0 Å². The molecule has 5 nitrogen and oxygen atoms in total. The van der Waals surface area contributed by atoms with Crippen LogP contribution in [0, 0.1) is 5.41 Å². The van der Waals surface area contributed by atoms with Gasteiger partial charge in [-0.05, 0) is 36.5 Å². The third-order valence-corrected chi connectivity index (χ3v) is 4.21. The summed E-state index contributed by atoms with van der Waals surface area (Å²) in [4.78, 5) is 11.0. The minimum atomic E-state index is -0.933. The van der Waals surface area contributed by atoms with Crippen molar-refractivity contribution in [1.82, 2.24) is 15.0 Å². The van der Waals surface area contributed by atoms with Crippen molar-refractivity contribution in [3.63, 3.8) is 0 Å². The highest BCUT2D eigenvalue weighted by molar-refractivity contribution is 5.92. The number of nitrogens with zero attached hydrogens (tertiary/aromatic N) is 3. The molecule has 1 heterocycles. The predicted molar refractivity (Wildman–Crippen MR) is 71.2 cm³/mol. The van der Waals surface area contributed by atoms with Gasteiger partial charge >= 0.3 is 5.97 Å². The highest BCUT2D eigenvalue weighted by Gasteiger charge is 2.37. The predicted octanol–water partition coefficient (Wildman–Crippen LogP) is 2.88. The van der Waals surface area contributed by atoms with Crippen LogP contribution in [0.5, 0.6) is 0 Å². The summed E-state index contributed by atoms with van der Waals surface area (Å²) in [5.41, 5.74) is 2.05. The van der Waals surface area contributed by atoms with Crippen LogP contribution >= 0.6 is 0 Å². The Kier molecular flexibility index (Phi) is 2.59. The molecule has 1 aromatic heterocycles. The van der Waals surface area contributed by atoms with E-state index in [1.807, 2.05) is 10.7 Å². The first-order chi connectivity index (χ1) is 8.99. The number of hydrogen-bond acceptors (Lipinski definition) is 3. The van der Waals surface area contributed by atoms with Crippen molar-refractivity contribution in [3.8, 4) is 0 Å². The molecule has 0 amide bonds. The van der Waals surface area contributed by atoms with E-state index >= 15 is 0 Å². The fourth-order valence-corrected chi connectivity index (χ4v) is 3.07. The number of carboxylic acid groups (broad SMARTS) is 1. The van der Waals surface area contributed by atoms with Crippen molar-refractivity contribution >= 4 is 17.0 Å². The van der Waals surface area contributed by atoms with Gasteiger partial charge in [0.25, 0.3) is 0 Å². The van der Waals surface area contributed by atoms with Crippen LogP contribution in [0.1, 0.15) is 49.5 Å². The maximum atomic E-state index is 11.0. The second-order valence-corrected chi connectivity index (χ2v) is 5.94. The van der Waals surface area contributed by atoms with Gasteiger partial charge in [-0.25, -0.2) is 9.48 Å². The highest BCUT2D eigenvalue weighted by Crippen LogP contribution is 2.46. The van der Waals surface area contributed by atoms with Gasteiger partial charge in [-0.2, -0.15) is 0 Å². The number of benzene rings is 1. The van der Waals surface area contributed by atoms with E-state index in [4.69, 9.17) is 5.11 Å². The van der Waals surface area contributed by atoms with Gasteiger partial charge in [0.05, 0.1) is 17.1 Å². The Morgan fingerprint density at radius 1 is 1.47 bits per heavy atom. The van der Waals surface area contributed by atoms with Crippen molar-refractivity contribution in [2.24, 2.45) is 5.41 Å². The SMILES string of the molecule is CC1(C)CCCC1n1nnc2cc(C(=O)O)ccc21. The number of carboxylic acids is 1.